The molecule has 1 saturated carbocycles. The minimum absolute atomic E-state index is 0.0820. The Morgan fingerprint density at radius 2 is 1.90 bits per heavy atom. The van der Waals surface area contributed by atoms with Crippen molar-refractivity contribution in [3.63, 3.8) is 0 Å². The fraction of sp³-hybridized carbons (Fsp3) is 0.600. The Kier molecular flexibility index (Phi) is 7.73. The first-order valence-corrected chi connectivity index (χ1v) is 16.6. The molecule has 4 aliphatic rings. The number of hydrogen-bond donors (Lipinski definition) is 3. The van der Waals surface area contributed by atoms with Crippen molar-refractivity contribution < 1.29 is 23.1 Å². The van der Waals surface area contributed by atoms with Gasteiger partial charge in [-0.3, -0.25) is 9.52 Å². The number of nitrogens with zero attached hydrogens (tertiary/aromatic N) is 4. The van der Waals surface area contributed by atoms with Crippen molar-refractivity contribution >= 4 is 44.5 Å². The minimum atomic E-state index is -3.76. The van der Waals surface area contributed by atoms with Gasteiger partial charge in [0.15, 0.2) is 5.82 Å². The van der Waals surface area contributed by atoms with Crippen LogP contribution in [-0.4, -0.2) is 88.8 Å². The van der Waals surface area contributed by atoms with Gasteiger partial charge in [0.1, 0.15) is 10.9 Å². The number of anilines is 5. The van der Waals surface area contributed by atoms with Gasteiger partial charge in [0.2, 0.25) is 10.0 Å². The Balaban J connectivity index is 1.30. The number of pyridine rings is 1. The van der Waals surface area contributed by atoms with E-state index in [4.69, 9.17) is 9.72 Å². The van der Waals surface area contributed by atoms with Crippen LogP contribution in [0.2, 0.25) is 0 Å². The van der Waals surface area contributed by atoms with Crippen LogP contribution in [0.25, 0.3) is 0 Å². The smallest absolute Gasteiger partial charge is 0.274 e. The number of morpholine rings is 1. The summed E-state index contributed by atoms with van der Waals surface area (Å²) in [6.45, 7) is 7.65. The third-order valence-electron chi connectivity index (χ3n) is 9.34. The number of sulfonamides is 1. The van der Waals surface area contributed by atoms with Gasteiger partial charge in [0.05, 0.1) is 42.1 Å². The maximum atomic E-state index is 13.8. The average Bonchev–Trinajstić information content (AvgIpc) is 3.63. The highest BCUT2D eigenvalue weighted by Crippen LogP contribution is 2.54. The van der Waals surface area contributed by atoms with Gasteiger partial charge in [-0.25, -0.2) is 13.4 Å². The van der Waals surface area contributed by atoms with E-state index in [1.165, 1.54) is 19.8 Å². The molecule has 1 aromatic heterocycles. The average molecular weight is 599 g/mol. The predicted octanol–water partition coefficient (Wildman–Crippen LogP) is 3.05. The van der Waals surface area contributed by atoms with E-state index in [-0.39, 0.29) is 12.0 Å². The number of ether oxygens (including phenoxy) is 1. The topological polar surface area (TPSA) is 127 Å². The summed E-state index contributed by atoms with van der Waals surface area (Å²) in [4.78, 5) is 25.4. The largest absolute Gasteiger partial charge is 0.395 e. The van der Waals surface area contributed by atoms with Gasteiger partial charge in [-0.2, -0.15) is 0 Å². The molecule has 12 heteroatoms. The zero-order chi connectivity index (χ0) is 29.6. The summed E-state index contributed by atoms with van der Waals surface area (Å²) in [5.74, 6) is 0.524. The number of rotatable bonds is 8. The number of carbonyl (C=O) groups is 1. The standard InChI is InChI=1S/C30H42N6O5S/c1-20-18-36(14-15-41-20)28-27-22(6-11-34(27)3)16-25(31-28)29(38)32-24-5-4-23(33-42(39,40)21(2)19-37)17-26(24)35-12-9-30(7-8-30)10-13-35/h4-5,16-17,20-21,33,37H,6-15,18-19H2,1-3H3,(H,32,38)/t20-,21-/m1/s1. The lowest BCUT2D eigenvalue weighted by molar-refractivity contribution is 0.0530. The Bertz CT molecular complexity index is 1450. The number of piperidine rings is 1. The fourth-order valence-corrected chi connectivity index (χ4v) is 7.19. The Morgan fingerprint density at radius 3 is 2.60 bits per heavy atom. The van der Waals surface area contributed by atoms with E-state index in [0.29, 0.717) is 35.6 Å². The Morgan fingerprint density at radius 1 is 1.14 bits per heavy atom. The number of aromatic nitrogens is 1. The number of aliphatic hydroxyl groups is 1. The zero-order valence-electron chi connectivity index (χ0n) is 24.7. The molecule has 42 heavy (non-hydrogen) atoms. The van der Waals surface area contributed by atoms with E-state index < -0.39 is 21.9 Å². The molecule has 1 spiro atoms. The van der Waals surface area contributed by atoms with Crippen LogP contribution in [0.15, 0.2) is 24.3 Å². The second-order valence-electron chi connectivity index (χ2n) is 12.5. The third-order valence-corrected chi connectivity index (χ3v) is 11.1. The predicted molar refractivity (Wildman–Crippen MR) is 165 cm³/mol. The number of aliphatic hydroxyl groups excluding tert-OH is 1. The molecule has 6 rings (SSSR count). The molecule has 2 atom stereocenters. The molecule has 2 saturated heterocycles. The van der Waals surface area contributed by atoms with E-state index in [2.05, 4.69) is 31.8 Å². The summed E-state index contributed by atoms with van der Waals surface area (Å²) >= 11 is 0. The zero-order valence-corrected chi connectivity index (χ0v) is 25.5. The van der Waals surface area contributed by atoms with Gasteiger partial charge < -0.3 is 29.9 Å². The molecule has 0 radical (unpaired) electrons. The summed E-state index contributed by atoms with van der Waals surface area (Å²) in [5.41, 5.74) is 4.81. The van der Waals surface area contributed by atoms with Gasteiger partial charge in [0, 0.05) is 39.8 Å². The van der Waals surface area contributed by atoms with Crippen LogP contribution in [0, 0.1) is 5.41 Å². The SMILES string of the molecule is C[C@@H]1CN(c2nc(C(=O)Nc3ccc(NS(=O)(=O)[C@H](C)CO)cc3N3CCC4(CC3)CC4)cc3c2N(C)CC3)CCO1. The van der Waals surface area contributed by atoms with Crippen LogP contribution in [0.3, 0.4) is 0 Å². The van der Waals surface area contributed by atoms with E-state index in [9.17, 15) is 18.3 Å². The van der Waals surface area contributed by atoms with Crippen molar-refractivity contribution in [1.29, 1.82) is 0 Å². The molecular formula is C30H42N6O5S. The van der Waals surface area contributed by atoms with E-state index in [1.54, 1.807) is 18.2 Å². The molecule has 228 valence electrons. The van der Waals surface area contributed by atoms with Crippen LogP contribution in [0.1, 0.15) is 55.6 Å². The normalized spacial score (nSPS) is 22.2. The lowest BCUT2D eigenvalue weighted by atomic mass is 9.93. The Labute approximate surface area is 248 Å². The summed E-state index contributed by atoms with van der Waals surface area (Å²) in [6.07, 6.45) is 5.64. The van der Waals surface area contributed by atoms with Gasteiger partial charge in [-0.1, -0.05) is 0 Å². The van der Waals surface area contributed by atoms with Crippen molar-refractivity contribution in [3.8, 4) is 0 Å². The van der Waals surface area contributed by atoms with Gasteiger partial charge in [-0.15, -0.1) is 0 Å². The first kappa shape index (κ1) is 29.0. The van der Waals surface area contributed by atoms with Crippen molar-refractivity contribution in [3.05, 3.63) is 35.5 Å². The molecule has 1 amide bonds. The number of likely N-dealkylation sites (N-methyl/N-ethyl adjacent to an activating group) is 1. The number of carbonyl (C=O) groups excluding carboxylic acids is 1. The molecule has 1 aromatic carbocycles. The number of benzene rings is 1. The molecule has 11 nitrogen and oxygen atoms in total. The molecule has 1 aliphatic carbocycles. The van der Waals surface area contributed by atoms with Crippen molar-refractivity contribution in [2.24, 2.45) is 5.41 Å². The maximum Gasteiger partial charge on any atom is 0.274 e. The molecule has 0 bridgehead atoms. The monoisotopic (exact) mass is 598 g/mol. The van der Waals surface area contributed by atoms with E-state index in [1.807, 2.05) is 13.0 Å². The quantitative estimate of drug-likeness (QED) is 0.420. The first-order chi connectivity index (χ1) is 20.1. The van der Waals surface area contributed by atoms with Crippen LogP contribution in [0.5, 0.6) is 0 Å². The first-order valence-electron chi connectivity index (χ1n) is 15.0. The number of fused-ring (bicyclic) bond motifs is 1. The minimum Gasteiger partial charge on any atom is -0.395 e. The second-order valence-corrected chi connectivity index (χ2v) is 14.6. The molecule has 4 heterocycles. The molecule has 3 N–H and O–H groups in total. The molecule has 2 aromatic rings. The number of nitrogens with one attached hydrogen (secondary N) is 2. The third kappa shape index (κ3) is 5.76. The maximum absolute atomic E-state index is 13.8. The summed E-state index contributed by atoms with van der Waals surface area (Å²) in [6, 6.07) is 7.09. The second kappa shape index (κ2) is 11.2. The summed E-state index contributed by atoms with van der Waals surface area (Å²) in [7, 11) is -1.70. The highest BCUT2D eigenvalue weighted by Gasteiger charge is 2.44. The van der Waals surface area contributed by atoms with E-state index in [0.717, 1.165) is 68.2 Å². The number of amides is 1. The van der Waals surface area contributed by atoms with Gasteiger partial charge in [0.25, 0.3) is 5.91 Å². The van der Waals surface area contributed by atoms with Crippen LogP contribution < -0.4 is 24.7 Å². The molecule has 3 fully saturated rings. The summed E-state index contributed by atoms with van der Waals surface area (Å²) < 4.78 is 33.7. The van der Waals surface area contributed by atoms with Crippen LogP contribution >= 0.6 is 0 Å². The summed E-state index contributed by atoms with van der Waals surface area (Å²) in [5, 5.41) is 11.6. The van der Waals surface area contributed by atoms with E-state index >= 15 is 0 Å². The highest BCUT2D eigenvalue weighted by atomic mass is 32.2. The van der Waals surface area contributed by atoms with Crippen molar-refractivity contribution in [2.75, 3.05) is 77.7 Å². The van der Waals surface area contributed by atoms with Gasteiger partial charge >= 0.3 is 0 Å². The lowest BCUT2D eigenvalue weighted by Gasteiger charge is -2.35. The van der Waals surface area contributed by atoms with Crippen LogP contribution in [-0.2, 0) is 21.2 Å². The lowest BCUT2D eigenvalue weighted by Crippen LogP contribution is -2.42. The molecule has 0 unspecified atom stereocenters. The highest BCUT2D eigenvalue weighted by molar-refractivity contribution is 7.93. The Hall–Kier alpha value is -3.09. The van der Waals surface area contributed by atoms with Gasteiger partial charge in [-0.05, 0) is 81.2 Å². The molecular weight excluding hydrogens is 556 g/mol. The fourth-order valence-electron chi connectivity index (χ4n) is 6.34. The van der Waals surface area contributed by atoms with Crippen LogP contribution in [0.4, 0.5) is 28.6 Å². The van der Waals surface area contributed by atoms with Crippen molar-refractivity contribution in [2.45, 2.75) is 57.3 Å². The molecule has 3 aliphatic heterocycles. The number of hydrogen-bond acceptors (Lipinski definition) is 9. The van der Waals surface area contributed by atoms with Crippen molar-refractivity contribution in [1.82, 2.24) is 4.98 Å².